The predicted octanol–water partition coefficient (Wildman–Crippen LogP) is 4.75. The van der Waals surface area contributed by atoms with Gasteiger partial charge >= 0.3 is 18.1 Å². The monoisotopic (exact) mass is 505 g/mol. The highest BCUT2D eigenvalue weighted by Crippen LogP contribution is 2.38. The Morgan fingerprint density at radius 1 is 1.25 bits per heavy atom. The summed E-state index contributed by atoms with van der Waals surface area (Å²) in [6.45, 7) is 0. The first kappa shape index (κ1) is 23.8. The lowest BCUT2D eigenvalue weighted by molar-refractivity contribution is -0.150. The molecule has 1 aromatic heterocycles. The number of carbonyl (C=O) groups is 3. The Labute approximate surface area is 192 Å². The summed E-state index contributed by atoms with van der Waals surface area (Å²) in [4.78, 5) is 35.6. The van der Waals surface area contributed by atoms with E-state index in [2.05, 4.69) is 0 Å². The molecule has 1 saturated heterocycles. The van der Waals surface area contributed by atoms with E-state index in [0.717, 1.165) is 23.9 Å². The molecule has 1 amide bonds. The number of furan rings is 1. The molecule has 2 aromatic rings. The molecule has 0 aliphatic carbocycles. The third-order valence-corrected chi connectivity index (χ3v) is 5.90. The Kier molecular flexibility index (Phi) is 6.67. The quantitative estimate of drug-likeness (QED) is 0.428. The Morgan fingerprint density at radius 2 is 1.94 bits per heavy atom. The topological polar surface area (TPSA) is 108 Å². The van der Waals surface area contributed by atoms with Crippen molar-refractivity contribution in [2.24, 2.45) is 0 Å². The zero-order chi connectivity index (χ0) is 23.8. The summed E-state index contributed by atoms with van der Waals surface area (Å²) in [5.74, 6) is -3.62. The lowest BCUT2D eigenvalue weighted by atomic mass is 10.1. The summed E-state index contributed by atoms with van der Waals surface area (Å²) in [6.07, 6.45) is -4.27. The summed E-state index contributed by atoms with van der Waals surface area (Å²) >= 11 is 11.4. The van der Waals surface area contributed by atoms with Crippen LogP contribution in [0.4, 0.5) is 13.2 Å². The number of rotatable bonds is 6. The van der Waals surface area contributed by atoms with Gasteiger partial charge in [-0.2, -0.15) is 13.2 Å². The van der Waals surface area contributed by atoms with Crippen LogP contribution in [0, 0.1) is 0 Å². The molecular weight excluding hydrogens is 495 g/mol. The summed E-state index contributed by atoms with van der Waals surface area (Å²) in [6, 6.07) is 4.35. The second kappa shape index (κ2) is 8.96. The number of hydrogen-bond acceptors (Lipinski definition) is 6. The van der Waals surface area contributed by atoms with Crippen LogP contribution in [-0.2, 0) is 20.6 Å². The van der Waals surface area contributed by atoms with Gasteiger partial charge in [-0.3, -0.25) is 14.5 Å². The number of carboxylic acids is 2. The van der Waals surface area contributed by atoms with E-state index < -0.39 is 47.1 Å². The van der Waals surface area contributed by atoms with Gasteiger partial charge in [0.05, 0.1) is 21.9 Å². The van der Waals surface area contributed by atoms with Crippen molar-refractivity contribution in [1.82, 2.24) is 4.90 Å². The number of carboxylic acid groups (broad SMARTS) is 2. The van der Waals surface area contributed by atoms with E-state index in [1.54, 1.807) is 0 Å². The van der Waals surface area contributed by atoms with Crippen LogP contribution in [0.5, 0.6) is 0 Å². The van der Waals surface area contributed by atoms with E-state index in [-0.39, 0.29) is 26.3 Å². The summed E-state index contributed by atoms with van der Waals surface area (Å²) in [5.41, 5.74) is -0.935. The van der Waals surface area contributed by atoms with Gasteiger partial charge in [-0.25, -0.2) is 4.79 Å². The van der Waals surface area contributed by atoms with Gasteiger partial charge in [-0.1, -0.05) is 35.6 Å². The maximum absolute atomic E-state index is 13.1. The van der Waals surface area contributed by atoms with Crippen LogP contribution in [-0.4, -0.2) is 43.3 Å². The Bertz CT molecular complexity index is 1160. The molecule has 0 bridgehead atoms. The van der Waals surface area contributed by atoms with E-state index in [1.165, 1.54) is 24.3 Å². The Balaban J connectivity index is 1.89. The molecule has 13 heteroatoms. The van der Waals surface area contributed by atoms with E-state index in [0.29, 0.717) is 4.90 Å². The van der Waals surface area contributed by atoms with Crippen LogP contribution in [0.15, 0.2) is 39.7 Å². The van der Waals surface area contributed by atoms with Gasteiger partial charge in [0.25, 0.3) is 5.91 Å². The number of nitrogens with zero attached hydrogens (tertiary/aromatic N) is 1. The first-order valence-electron chi connectivity index (χ1n) is 8.57. The lowest BCUT2D eigenvalue weighted by Gasteiger charge is -2.21. The van der Waals surface area contributed by atoms with Gasteiger partial charge < -0.3 is 14.6 Å². The average molecular weight is 506 g/mol. The van der Waals surface area contributed by atoms with Crippen LogP contribution in [0.2, 0.25) is 5.02 Å². The number of hydrogen-bond donors (Lipinski definition) is 2. The highest BCUT2D eigenvalue weighted by atomic mass is 35.5. The number of amides is 1. The predicted molar refractivity (Wildman–Crippen MR) is 113 cm³/mol. The van der Waals surface area contributed by atoms with Gasteiger partial charge in [-0.05, 0) is 30.3 Å². The third-order valence-electron chi connectivity index (χ3n) is 4.24. The first-order valence-corrected chi connectivity index (χ1v) is 10.2. The molecule has 2 N–H and O–H groups in total. The number of alkyl halides is 3. The van der Waals surface area contributed by atoms with Crippen LogP contribution < -0.4 is 0 Å². The van der Waals surface area contributed by atoms with Crippen molar-refractivity contribution in [1.29, 1.82) is 0 Å². The zero-order valence-electron chi connectivity index (χ0n) is 15.6. The van der Waals surface area contributed by atoms with Crippen LogP contribution in [0.25, 0.3) is 17.4 Å². The van der Waals surface area contributed by atoms with Crippen LogP contribution in [0.3, 0.4) is 0 Å². The van der Waals surface area contributed by atoms with E-state index >= 15 is 0 Å². The summed E-state index contributed by atoms with van der Waals surface area (Å²) in [5, 5.41) is 17.7. The molecule has 2 heterocycles. The van der Waals surface area contributed by atoms with Gasteiger partial charge in [0.15, 0.2) is 0 Å². The molecular formula is C19H11ClF3NO6S2. The molecule has 1 atom stereocenters. The second-order valence-electron chi connectivity index (χ2n) is 6.40. The number of aliphatic carboxylic acids is 2. The van der Waals surface area contributed by atoms with Crippen LogP contribution >= 0.6 is 35.6 Å². The smallest absolute Gasteiger partial charge is 0.417 e. The lowest BCUT2D eigenvalue weighted by Crippen LogP contribution is -2.45. The van der Waals surface area contributed by atoms with Crippen molar-refractivity contribution in [3.8, 4) is 11.3 Å². The molecule has 1 aliphatic heterocycles. The van der Waals surface area contributed by atoms with Crippen molar-refractivity contribution in [3.05, 3.63) is 51.6 Å². The molecule has 32 heavy (non-hydrogen) atoms. The number of thioether (sulfide) groups is 1. The van der Waals surface area contributed by atoms with Crippen molar-refractivity contribution >= 4 is 63.8 Å². The fourth-order valence-electron chi connectivity index (χ4n) is 2.81. The molecule has 168 valence electrons. The molecule has 1 aromatic carbocycles. The maximum Gasteiger partial charge on any atom is 0.417 e. The molecule has 1 fully saturated rings. The molecule has 3 rings (SSSR count). The largest absolute Gasteiger partial charge is 0.481 e. The minimum Gasteiger partial charge on any atom is -0.481 e. The second-order valence-corrected chi connectivity index (χ2v) is 8.48. The maximum atomic E-state index is 13.1. The van der Waals surface area contributed by atoms with Crippen molar-refractivity contribution in [2.45, 2.75) is 18.6 Å². The van der Waals surface area contributed by atoms with Gasteiger partial charge in [0.2, 0.25) is 0 Å². The van der Waals surface area contributed by atoms with E-state index in [4.69, 9.17) is 33.3 Å². The zero-order valence-corrected chi connectivity index (χ0v) is 17.9. The van der Waals surface area contributed by atoms with Crippen molar-refractivity contribution in [3.63, 3.8) is 0 Å². The minimum atomic E-state index is -4.66. The number of halogens is 4. The Morgan fingerprint density at radius 3 is 2.53 bits per heavy atom. The van der Waals surface area contributed by atoms with Gasteiger partial charge in [0.1, 0.15) is 21.9 Å². The highest BCUT2D eigenvalue weighted by Gasteiger charge is 2.41. The van der Waals surface area contributed by atoms with E-state index in [1.807, 2.05) is 0 Å². The number of benzene rings is 1. The number of thiocarbonyl (C=S) groups is 1. The molecule has 1 aliphatic rings. The fourth-order valence-corrected chi connectivity index (χ4v) is 4.38. The van der Waals surface area contributed by atoms with Crippen LogP contribution in [0.1, 0.15) is 17.7 Å². The number of carbonyl (C=O) groups excluding carboxylic acids is 1. The summed E-state index contributed by atoms with van der Waals surface area (Å²) < 4.78 is 44.6. The van der Waals surface area contributed by atoms with Crippen molar-refractivity contribution in [2.75, 3.05) is 0 Å². The fraction of sp³-hybridized carbons (Fsp3) is 0.158. The standard InChI is InChI=1S/C19H11ClF3NO6S2/c20-11-3-1-8(5-10(11)19(21,22)23)13-4-2-9(30-13)6-14-16(27)24(18(31)32-14)12(17(28)29)7-15(25)26/h1-6,12H,7H2,(H,25,26)(H,28,29)/b14-6-. The average Bonchev–Trinajstić information content (AvgIpc) is 3.24. The molecule has 7 nitrogen and oxygen atoms in total. The normalized spacial score (nSPS) is 16.6. The SMILES string of the molecule is O=C(O)CC(C(=O)O)N1C(=O)/C(=C/c2ccc(-c3ccc(Cl)c(C(F)(F)F)c3)o2)SC1=S. The third kappa shape index (κ3) is 4.97. The molecule has 0 saturated carbocycles. The molecule has 1 unspecified atom stereocenters. The minimum absolute atomic E-state index is 0.0281. The van der Waals surface area contributed by atoms with Gasteiger partial charge in [0, 0.05) is 11.6 Å². The van der Waals surface area contributed by atoms with Gasteiger partial charge in [-0.15, -0.1) is 0 Å². The van der Waals surface area contributed by atoms with Crippen molar-refractivity contribution < 1.29 is 42.2 Å². The van der Waals surface area contributed by atoms with E-state index in [9.17, 15) is 32.7 Å². The Hall–Kier alpha value is -2.83. The molecule has 0 spiro atoms. The first-order chi connectivity index (χ1) is 14.9. The highest BCUT2D eigenvalue weighted by molar-refractivity contribution is 8.26. The molecule has 0 radical (unpaired) electrons. The summed E-state index contributed by atoms with van der Waals surface area (Å²) in [7, 11) is 0.